The molecule has 0 radical (unpaired) electrons. The molecule has 0 spiro atoms. The number of fused-ring (bicyclic) bond motifs is 1. The molecule has 6 atom stereocenters. The highest BCUT2D eigenvalue weighted by Gasteiger charge is 2.55. The normalized spacial score (nSPS) is 34.0. The molecule has 0 aliphatic carbocycles. The summed E-state index contributed by atoms with van der Waals surface area (Å²) in [7, 11) is 0. The molecule has 0 amide bonds. The van der Waals surface area contributed by atoms with Crippen LogP contribution < -0.4 is 0 Å². The minimum absolute atomic E-state index is 0.0164. The van der Waals surface area contributed by atoms with Crippen LogP contribution in [-0.2, 0) is 14.2 Å². The molecule has 2 aliphatic heterocycles. The highest BCUT2D eigenvalue weighted by Crippen LogP contribution is 2.45. The number of aliphatic hydroxyl groups excluding tert-OH is 1. The molecule has 1 N–H and O–H groups in total. The van der Waals surface area contributed by atoms with E-state index < -0.39 is 5.79 Å². The Labute approximate surface area is 145 Å². The van der Waals surface area contributed by atoms with Gasteiger partial charge in [0, 0.05) is 18.4 Å². The van der Waals surface area contributed by atoms with E-state index in [0.717, 1.165) is 12.8 Å². The van der Waals surface area contributed by atoms with Crippen molar-refractivity contribution in [2.75, 3.05) is 6.61 Å². The third-order valence-electron chi connectivity index (χ3n) is 5.42. The van der Waals surface area contributed by atoms with Crippen LogP contribution in [0.3, 0.4) is 0 Å². The maximum Gasteiger partial charge on any atom is 0.187 e. The van der Waals surface area contributed by atoms with Crippen LogP contribution in [0.2, 0.25) is 0 Å². The van der Waals surface area contributed by atoms with Gasteiger partial charge >= 0.3 is 0 Å². The van der Waals surface area contributed by atoms with Crippen molar-refractivity contribution in [1.82, 2.24) is 0 Å². The van der Waals surface area contributed by atoms with Crippen LogP contribution in [0, 0.1) is 11.8 Å². The van der Waals surface area contributed by atoms with E-state index in [9.17, 15) is 5.11 Å². The first kappa shape index (κ1) is 17.9. The van der Waals surface area contributed by atoms with E-state index in [1.54, 1.807) is 0 Å². The SMILES string of the molecule is CCC1C(C(CO)CC(C)c2ccccc2)OC2OC(C)(C)OC21. The Balaban J connectivity index is 1.70. The van der Waals surface area contributed by atoms with Crippen molar-refractivity contribution in [3.63, 3.8) is 0 Å². The van der Waals surface area contributed by atoms with Crippen molar-refractivity contribution < 1.29 is 19.3 Å². The quantitative estimate of drug-likeness (QED) is 0.862. The third kappa shape index (κ3) is 3.52. The average molecular weight is 334 g/mol. The zero-order valence-electron chi connectivity index (χ0n) is 15.1. The van der Waals surface area contributed by atoms with Crippen molar-refractivity contribution >= 4 is 0 Å². The number of hydrogen-bond acceptors (Lipinski definition) is 4. The van der Waals surface area contributed by atoms with E-state index in [4.69, 9.17) is 14.2 Å². The maximum atomic E-state index is 10.00. The maximum absolute atomic E-state index is 10.00. The number of benzene rings is 1. The molecule has 4 nitrogen and oxygen atoms in total. The summed E-state index contributed by atoms with van der Waals surface area (Å²) >= 11 is 0. The van der Waals surface area contributed by atoms with Crippen LogP contribution in [0.5, 0.6) is 0 Å². The van der Waals surface area contributed by atoms with E-state index in [2.05, 4.69) is 38.1 Å². The minimum Gasteiger partial charge on any atom is -0.396 e. The van der Waals surface area contributed by atoms with Crippen molar-refractivity contribution in [3.8, 4) is 0 Å². The van der Waals surface area contributed by atoms with E-state index in [1.807, 2.05) is 19.9 Å². The van der Waals surface area contributed by atoms with Gasteiger partial charge in [0.15, 0.2) is 12.1 Å². The molecule has 0 aromatic heterocycles. The predicted molar refractivity (Wildman–Crippen MR) is 92.5 cm³/mol. The summed E-state index contributed by atoms with van der Waals surface area (Å²) in [5, 5.41) is 10.00. The molecule has 134 valence electrons. The smallest absolute Gasteiger partial charge is 0.187 e. The summed E-state index contributed by atoms with van der Waals surface area (Å²) in [4.78, 5) is 0. The molecule has 2 aliphatic rings. The Bertz CT molecular complexity index is 530. The van der Waals surface area contributed by atoms with Crippen LogP contribution in [-0.4, -0.2) is 36.0 Å². The molecule has 1 aromatic rings. The van der Waals surface area contributed by atoms with Gasteiger partial charge in [0.05, 0.1) is 6.10 Å². The lowest BCUT2D eigenvalue weighted by molar-refractivity contribution is -0.217. The van der Waals surface area contributed by atoms with E-state index in [-0.39, 0.29) is 36.9 Å². The zero-order valence-corrected chi connectivity index (χ0v) is 15.1. The van der Waals surface area contributed by atoms with Crippen LogP contribution in [0.4, 0.5) is 0 Å². The fourth-order valence-electron chi connectivity index (χ4n) is 4.20. The first-order chi connectivity index (χ1) is 11.4. The lowest BCUT2D eigenvalue weighted by Crippen LogP contribution is -2.36. The summed E-state index contributed by atoms with van der Waals surface area (Å²) < 4.78 is 18.2. The van der Waals surface area contributed by atoms with Gasteiger partial charge in [0.25, 0.3) is 0 Å². The van der Waals surface area contributed by atoms with Crippen molar-refractivity contribution in [3.05, 3.63) is 35.9 Å². The first-order valence-corrected chi connectivity index (χ1v) is 9.12. The largest absolute Gasteiger partial charge is 0.396 e. The van der Waals surface area contributed by atoms with Gasteiger partial charge in [-0.3, -0.25) is 0 Å². The molecule has 6 unspecified atom stereocenters. The summed E-state index contributed by atoms with van der Waals surface area (Å²) in [6, 6.07) is 10.5. The Kier molecular flexibility index (Phi) is 5.30. The van der Waals surface area contributed by atoms with Gasteiger partial charge in [-0.05, 0) is 38.2 Å². The molecule has 0 saturated carbocycles. The Hall–Kier alpha value is -0.940. The van der Waals surface area contributed by atoms with Crippen molar-refractivity contribution in [2.24, 2.45) is 11.8 Å². The van der Waals surface area contributed by atoms with E-state index >= 15 is 0 Å². The molecule has 1 aromatic carbocycles. The summed E-state index contributed by atoms with van der Waals surface area (Å²) in [5.41, 5.74) is 1.30. The van der Waals surface area contributed by atoms with Gasteiger partial charge in [-0.2, -0.15) is 0 Å². The highest BCUT2D eigenvalue weighted by molar-refractivity contribution is 5.19. The topological polar surface area (TPSA) is 47.9 Å². The predicted octanol–water partition coefficient (Wildman–Crippen LogP) is 3.69. The van der Waals surface area contributed by atoms with Crippen LogP contribution in [0.25, 0.3) is 0 Å². The van der Waals surface area contributed by atoms with E-state index in [0.29, 0.717) is 5.92 Å². The molecule has 2 saturated heterocycles. The number of ether oxygens (including phenoxy) is 3. The van der Waals surface area contributed by atoms with Crippen LogP contribution >= 0.6 is 0 Å². The molecule has 3 rings (SSSR count). The monoisotopic (exact) mass is 334 g/mol. The molecule has 0 bridgehead atoms. The van der Waals surface area contributed by atoms with Crippen molar-refractivity contribution in [1.29, 1.82) is 0 Å². The van der Waals surface area contributed by atoms with Gasteiger partial charge in [0.1, 0.15) is 6.10 Å². The fraction of sp³-hybridized carbons (Fsp3) is 0.700. The van der Waals surface area contributed by atoms with E-state index in [1.165, 1.54) is 5.56 Å². The summed E-state index contributed by atoms with van der Waals surface area (Å²) in [5.74, 6) is 0.144. The van der Waals surface area contributed by atoms with Gasteiger partial charge < -0.3 is 19.3 Å². The van der Waals surface area contributed by atoms with Gasteiger partial charge in [-0.15, -0.1) is 0 Å². The van der Waals surface area contributed by atoms with Crippen LogP contribution in [0.1, 0.15) is 52.0 Å². The van der Waals surface area contributed by atoms with Crippen molar-refractivity contribution in [2.45, 2.75) is 70.7 Å². The lowest BCUT2D eigenvalue weighted by Gasteiger charge is -2.31. The average Bonchev–Trinajstić information content (AvgIpc) is 3.04. The second-order valence-electron chi connectivity index (χ2n) is 7.63. The number of hydrogen-bond donors (Lipinski definition) is 1. The van der Waals surface area contributed by atoms with Gasteiger partial charge in [-0.25, -0.2) is 0 Å². The second kappa shape index (κ2) is 7.12. The number of rotatable bonds is 6. The Morgan fingerprint density at radius 3 is 2.50 bits per heavy atom. The van der Waals surface area contributed by atoms with Gasteiger partial charge in [0.2, 0.25) is 0 Å². The molecule has 24 heavy (non-hydrogen) atoms. The zero-order chi connectivity index (χ0) is 17.3. The molecular weight excluding hydrogens is 304 g/mol. The summed E-state index contributed by atoms with van der Waals surface area (Å²) in [6.45, 7) is 8.36. The van der Waals surface area contributed by atoms with Crippen LogP contribution in [0.15, 0.2) is 30.3 Å². The second-order valence-corrected chi connectivity index (χ2v) is 7.63. The lowest BCUT2D eigenvalue weighted by atomic mass is 9.81. The first-order valence-electron chi connectivity index (χ1n) is 9.12. The standard InChI is InChI=1S/C20H30O4/c1-5-16-17(22-19-18(16)23-20(3,4)24-19)15(12-21)11-13(2)14-9-7-6-8-10-14/h6-10,13,15-19,21H,5,11-12H2,1-4H3. The Morgan fingerprint density at radius 1 is 1.17 bits per heavy atom. The minimum atomic E-state index is -0.584. The summed E-state index contributed by atoms with van der Waals surface area (Å²) in [6.07, 6.45) is 1.50. The molecule has 4 heteroatoms. The highest BCUT2D eigenvalue weighted by atomic mass is 16.8. The fourth-order valence-corrected chi connectivity index (χ4v) is 4.20. The Morgan fingerprint density at radius 2 is 1.88 bits per heavy atom. The van der Waals surface area contributed by atoms with Gasteiger partial charge in [-0.1, -0.05) is 44.2 Å². The molecule has 2 fully saturated rings. The molecule has 2 heterocycles. The third-order valence-corrected chi connectivity index (χ3v) is 5.42. The number of aliphatic hydroxyl groups is 1. The molecular formula is C20H30O4.